The molecule has 0 aromatic heterocycles. The molecule has 2 aromatic carbocycles. The van der Waals surface area contributed by atoms with Crippen LogP contribution in [0.2, 0.25) is 0 Å². The number of nitrogens with one attached hydrogen (secondary N) is 1. The SMILES string of the molecule is COc1ccc([N+](=O)[O-])cc1NC(=O)COC(=O)CSc1ccccc1. The van der Waals surface area contributed by atoms with Gasteiger partial charge in [0.1, 0.15) is 5.75 Å². The van der Waals surface area contributed by atoms with Gasteiger partial charge in [0.15, 0.2) is 6.61 Å². The molecule has 9 heteroatoms. The molecule has 8 nitrogen and oxygen atoms in total. The van der Waals surface area contributed by atoms with Gasteiger partial charge in [-0.2, -0.15) is 0 Å². The number of esters is 1. The number of ether oxygens (including phenoxy) is 2. The van der Waals surface area contributed by atoms with Crippen LogP contribution < -0.4 is 10.1 Å². The number of thioether (sulfide) groups is 1. The van der Waals surface area contributed by atoms with E-state index in [0.717, 1.165) is 4.90 Å². The maximum Gasteiger partial charge on any atom is 0.316 e. The van der Waals surface area contributed by atoms with E-state index < -0.39 is 23.4 Å². The Bertz CT molecular complexity index is 797. The van der Waals surface area contributed by atoms with E-state index in [1.165, 1.54) is 37.1 Å². The molecule has 0 aliphatic heterocycles. The molecule has 2 aromatic rings. The second kappa shape index (κ2) is 9.42. The molecule has 0 spiro atoms. The predicted molar refractivity (Wildman–Crippen MR) is 96.4 cm³/mol. The molecule has 0 aliphatic rings. The molecule has 0 saturated heterocycles. The third kappa shape index (κ3) is 5.78. The van der Waals surface area contributed by atoms with Crippen LogP contribution in [-0.2, 0) is 14.3 Å². The van der Waals surface area contributed by atoms with E-state index in [-0.39, 0.29) is 22.9 Å². The van der Waals surface area contributed by atoms with Gasteiger partial charge in [-0.05, 0) is 18.2 Å². The second-order valence-corrected chi connectivity index (χ2v) is 6.00. The molecule has 26 heavy (non-hydrogen) atoms. The summed E-state index contributed by atoms with van der Waals surface area (Å²) < 4.78 is 9.95. The number of amides is 1. The highest BCUT2D eigenvalue weighted by Crippen LogP contribution is 2.28. The van der Waals surface area contributed by atoms with E-state index in [1.807, 2.05) is 30.3 Å². The Labute approximate surface area is 153 Å². The minimum Gasteiger partial charge on any atom is -0.495 e. The summed E-state index contributed by atoms with van der Waals surface area (Å²) in [5.74, 6) is -0.839. The van der Waals surface area contributed by atoms with Gasteiger partial charge < -0.3 is 14.8 Å². The first-order valence-electron chi connectivity index (χ1n) is 7.45. The standard InChI is InChI=1S/C17H16N2O6S/c1-24-15-8-7-12(19(22)23)9-14(15)18-16(20)10-25-17(21)11-26-13-5-3-2-4-6-13/h2-9H,10-11H2,1H3,(H,18,20). The van der Waals surface area contributed by atoms with Gasteiger partial charge in [0.05, 0.1) is 23.5 Å². The zero-order valence-electron chi connectivity index (χ0n) is 13.8. The van der Waals surface area contributed by atoms with Gasteiger partial charge in [-0.25, -0.2) is 0 Å². The number of rotatable bonds is 8. The molecule has 0 heterocycles. The van der Waals surface area contributed by atoms with Crippen LogP contribution in [0.25, 0.3) is 0 Å². The number of anilines is 1. The van der Waals surface area contributed by atoms with Gasteiger partial charge in [0, 0.05) is 17.0 Å². The fourth-order valence-corrected chi connectivity index (χ4v) is 2.66. The lowest BCUT2D eigenvalue weighted by molar-refractivity contribution is -0.384. The Morgan fingerprint density at radius 3 is 2.58 bits per heavy atom. The van der Waals surface area contributed by atoms with Gasteiger partial charge in [-0.15, -0.1) is 11.8 Å². The number of nitro benzene ring substituents is 1. The first-order valence-corrected chi connectivity index (χ1v) is 8.44. The van der Waals surface area contributed by atoms with Crippen LogP contribution in [0.4, 0.5) is 11.4 Å². The largest absolute Gasteiger partial charge is 0.495 e. The summed E-state index contributed by atoms with van der Waals surface area (Å²) in [4.78, 5) is 34.8. The van der Waals surface area contributed by atoms with Crippen LogP contribution in [0, 0.1) is 10.1 Å². The van der Waals surface area contributed by atoms with E-state index in [0.29, 0.717) is 0 Å². The molecule has 0 radical (unpaired) electrons. The van der Waals surface area contributed by atoms with E-state index in [4.69, 9.17) is 9.47 Å². The highest BCUT2D eigenvalue weighted by molar-refractivity contribution is 8.00. The summed E-state index contributed by atoms with van der Waals surface area (Å²) in [6.07, 6.45) is 0. The smallest absolute Gasteiger partial charge is 0.316 e. The Hall–Kier alpha value is -3.07. The zero-order valence-corrected chi connectivity index (χ0v) is 14.7. The van der Waals surface area contributed by atoms with E-state index in [2.05, 4.69) is 5.32 Å². The average Bonchev–Trinajstić information content (AvgIpc) is 2.65. The maximum atomic E-state index is 11.9. The van der Waals surface area contributed by atoms with Crippen molar-refractivity contribution in [1.29, 1.82) is 0 Å². The molecule has 0 saturated carbocycles. The fourth-order valence-electron chi connectivity index (χ4n) is 1.94. The Kier molecular flexibility index (Phi) is 6.98. The molecular weight excluding hydrogens is 360 g/mol. The van der Waals surface area contributed by atoms with Crippen molar-refractivity contribution in [3.05, 3.63) is 58.6 Å². The Morgan fingerprint density at radius 1 is 1.19 bits per heavy atom. The van der Waals surface area contributed by atoms with Crippen LogP contribution in [-0.4, -0.2) is 36.3 Å². The number of benzene rings is 2. The molecule has 136 valence electrons. The van der Waals surface area contributed by atoms with Gasteiger partial charge in [-0.1, -0.05) is 18.2 Å². The average molecular weight is 376 g/mol. The van der Waals surface area contributed by atoms with Gasteiger partial charge >= 0.3 is 5.97 Å². The van der Waals surface area contributed by atoms with Crippen molar-refractivity contribution in [1.82, 2.24) is 0 Å². The van der Waals surface area contributed by atoms with Crippen molar-refractivity contribution in [3.63, 3.8) is 0 Å². The number of hydrogen-bond donors (Lipinski definition) is 1. The van der Waals surface area contributed by atoms with Crippen LogP contribution in [0.3, 0.4) is 0 Å². The summed E-state index contributed by atoms with van der Waals surface area (Å²) >= 11 is 1.29. The summed E-state index contributed by atoms with van der Waals surface area (Å²) in [5, 5.41) is 13.3. The van der Waals surface area contributed by atoms with Crippen molar-refractivity contribution in [3.8, 4) is 5.75 Å². The third-order valence-corrected chi connectivity index (χ3v) is 4.12. The first-order chi connectivity index (χ1) is 12.5. The summed E-state index contributed by atoms with van der Waals surface area (Å²) in [5.41, 5.74) is -0.0706. The predicted octanol–water partition coefficient (Wildman–Crippen LogP) is 2.88. The number of nitro groups is 1. The van der Waals surface area contributed by atoms with Gasteiger partial charge in [0.2, 0.25) is 0 Å². The van der Waals surface area contributed by atoms with Gasteiger partial charge in [0.25, 0.3) is 11.6 Å². The number of hydrogen-bond acceptors (Lipinski definition) is 7. The van der Waals surface area contributed by atoms with Crippen LogP contribution >= 0.6 is 11.8 Å². The van der Waals surface area contributed by atoms with Gasteiger partial charge in [-0.3, -0.25) is 19.7 Å². The van der Waals surface area contributed by atoms with E-state index in [9.17, 15) is 19.7 Å². The Morgan fingerprint density at radius 2 is 1.92 bits per heavy atom. The zero-order chi connectivity index (χ0) is 18.9. The van der Waals surface area contributed by atoms with Crippen LogP contribution in [0.15, 0.2) is 53.4 Å². The Balaban J connectivity index is 1.85. The molecule has 1 N–H and O–H groups in total. The summed E-state index contributed by atoms with van der Waals surface area (Å²) in [7, 11) is 1.37. The number of non-ortho nitro benzene ring substituents is 1. The number of carbonyl (C=O) groups excluding carboxylic acids is 2. The maximum absolute atomic E-state index is 11.9. The molecular formula is C17H16N2O6S. The number of nitrogens with zero attached hydrogens (tertiary/aromatic N) is 1. The lowest BCUT2D eigenvalue weighted by Crippen LogP contribution is -2.22. The molecule has 0 aliphatic carbocycles. The molecule has 0 unspecified atom stereocenters. The number of methoxy groups -OCH3 is 1. The second-order valence-electron chi connectivity index (χ2n) is 4.95. The minimum atomic E-state index is -0.623. The third-order valence-electron chi connectivity index (χ3n) is 3.13. The molecule has 2 rings (SSSR count). The molecule has 0 fully saturated rings. The summed E-state index contributed by atoms with van der Waals surface area (Å²) in [6.45, 7) is -0.500. The first kappa shape index (κ1) is 19.3. The normalized spacial score (nSPS) is 10.0. The lowest BCUT2D eigenvalue weighted by Gasteiger charge is -2.10. The molecule has 1 amide bonds. The highest BCUT2D eigenvalue weighted by Gasteiger charge is 2.15. The van der Waals surface area contributed by atoms with Crippen molar-refractivity contribution >= 4 is 35.0 Å². The number of carbonyl (C=O) groups is 2. The lowest BCUT2D eigenvalue weighted by atomic mass is 10.2. The molecule has 0 bridgehead atoms. The van der Waals surface area contributed by atoms with Crippen LogP contribution in [0.1, 0.15) is 0 Å². The van der Waals surface area contributed by atoms with Crippen molar-refractivity contribution in [2.24, 2.45) is 0 Å². The van der Waals surface area contributed by atoms with E-state index >= 15 is 0 Å². The van der Waals surface area contributed by atoms with Crippen molar-refractivity contribution in [2.45, 2.75) is 4.90 Å². The monoisotopic (exact) mass is 376 g/mol. The van der Waals surface area contributed by atoms with E-state index in [1.54, 1.807) is 0 Å². The van der Waals surface area contributed by atoms with Crippen molar-refractivity contribution < 1.29 is 24.0 Å². The quantitative estimate of drug-likeness (QED) is 0.327. The highest BCUT2D eigenvalue weighted by atomic mass is 32.2. The fraction of sp³-hybridized carbons (Fsp3) is 0.176. The minimum absolute atomic E-state index is 0.0669. The van der Waals surface area contributed by atoms with Crippen molar-refractivity contribution in [2.75, 3.05) is 24.8 Å². The topological polar surface area (TPSA) is 108 Å². The molecule has 0 atom stereocenters. The summed E-state index contributed by atoms with van der Waals surface area (Å²) in [6, 6.07) is 13.1. The van der Waals surface area contributed by atoms with Crippen LogP contribution in [0.5, 0.6) is 5.75 Å².